The number of carbonyl (C=O) groups is 1. The van der Waals surface area contributed by atoms with E-state index in [9.17, 15) is 4.79 Å². The van der Waals surface area contributed by atoms with Gasteiger partial charge in [-0.1, -0.05) is 18.2 Å². The summed E-state index contributed by atoms with van der Waals surface area (Å²) in [5.74, 6) is 1.07. The van der Waals surface area contributed by atoms with Crippen molar-refractivity contribution in [3.05, 3.63) is 47.5 Å². The number of aryl methyl sites for hydroxylation is 2. The average molecular weight is 255 g/mol. The number of carbonyl (C=O) groups excluding carboxylic acids is 1. The second-order valence-corrected chi connectivity index (χ2v) is 5.04. The minimum Gasteiger partial charge on any atom is -0.346 e. The zero-order valence-corrected chi connectivity index (χ0v) is 10.9. The zero-order valence-electron chi connectivity index (χ0n) is 10.9. The van der Waals surface area contributed by atoms with Gasteiger partial charge in [0.1, 0.15) is 5.82 Å². The predicted molar refractivity (Wildman–Crippen MR) is 73.9 cm³/mol. The van der Waals surface area contributed by atoms with Gasteiger partial charge < -0.3 is 10.3 Å². The van der Waals surface area contributed by atoms with Gasteiger partial charge >= 0.3 is 0 Å². The minimum atomic E-state index is 0.0348. The molecular formula is C15H17N3O. The molecule has 1 heterocycles. The molecule has 3 rings (SSSR count). The lowest BCUT2D eigenvalue weighted by Gasteiger charge is -2.20. The number of aromatic amines is 1. The van der Waals surface area contributed by atoms with E-state index >= 15 is 0 Å². The van der Waals surface area contributed by atoms with Gasteiger partial charge in [-0.25, -0.2) is 4.98 Å². The standard InChI is InChI=1S/C15H17N3O/c1-10-16-13-8-7-11(9-14(13)17-10)15(19)18-12-5-3-2-4-6-12/h2-6,11H,7-9H2,1H3,(H,16,17)(H,18,19). The normalized spacial score (nSPS) is 17.8. The maximum atomic E-state index is 12.2. The molecule has 0 fully saturated rings. The lowest BCUT2D eigenvalue weighted by Crippen LogP contribution is -2.28. The molecule has 2 N–H and O–H groups in total. The number of anilines is 1. The number of imidazole rings is 1. The fourth-order valence-corrected chi connectivity index (χ4v) is 2.61. The van der Waals surface area contributed by atoms with Crippen LogP contribution in [0.3, 0.4) is 0 Å². The van der Waals surface area contributed by atoms with Gasteiger partial charge in [-0.15, -0.1) is 0 Å². The highest BCUT2D eigenvalue weighted by molar-refractivity contribution is 5.92. The van der Waals surface area contributed by atoms with Crippen LogP contribution in [0, 0.1) is 12.8 Å². The summed E-state index contributed by atoms with van der Waals surface area (Å²) in [5.41, 5.74) is 3.11. The fraction of sp³-hybridized carbons (Fsp3) is 0.333. The number of benzene rings is 1. The highest BCUT2D eigenvalue weighted by Crippen LogP contribution is 2.25. The summed E-state index contributed by atoms with van der Waals surface area (Å²) in [6.45, 7) is 1.96. The van der Waals surface area contributed by atoms with Gasteiger partial charge in [-0.2, -0.15) is 0 Å². The molecule has 0 saturated heterocycles. The Morgan fingerprint density at radius 3 is 2.95 bits per heavy atom. The Morgan fingerprint density at radius 1 is 1.37 bits per heavy atom. The number of aromatic nitrogens is 2. The van der Waals surface area contributed by atoms with Gasteiger partial charge in [0.05, 0.1) is 5.69 Å². The van der Waals surface area contributed by atoms with Crippen molar-refractivity contribution in [3.63, 3.8) is 0 Å². The molecule has 2 aromatic rings. The number of fused-ring (bicyclic) bond motifs is 1. The van der Waals surface area contributed by atoms with Crippen LogP contribution in [0.4, 0.5) is 5.69 Å². The molecule has 1 atom stereocenters. The Labute approximate surface area is 112 Å². The summed E-state index contributed by atoms with van der Waals surface area (Å²) in [6, 6.07) is 9.61. The van der Waals surface area contributed by atoms with E-state index in [-0.39, 0.29) is 11.8 Å². The van der Waals surface area contributed by atoms with Crippen LogP contribution in [0.2, 0.25) is 0 Å². The SMILES string of the molecule is Cc1nc2c([nH]1)CC(C(=O)Nc1ccccc1)CC2. The first kappa shape index (κ1) is 12.0. The molecule has 0 radical (unpaired) electrons. The third kappa shape index (κ3) is 2.52. The Balaban J connectivity index is 1.69. The van der Waals surface area contributed by atoms with Crippen molar-refractivity contribution < 1.29 is 4.79 Å². The monoisotopic (exact) mass is 255 g/mol. The number of para-hydroxylation sites is 1. The Kier molecular flexibility index (Phi) is 3.07. The fourth-order valence-electron chi connectivity index (χ4n) is 2.61. The predicted octanol–water partition coefficient (Wildman–Crippen LogP) is 2.46. The summed E-state index contributed by atoms with van der Waals surface area (Å²) in [7, 11) is 0. The number of nitrogens with one attached hydrogen (secondary N) is 2. The maximum absolute atomic E-state index is 12.2. The number of H-pyrrole nitrogens is 1. The van der Waals surface area contributed by atoms with Crippen LogP contribution in [0.25, 0.3) is 0 Å². The summed E-state index contributed by atoms with van der Waals surface area (Å²) in [5, 5.41) is 2.98. The quantitative estimate of drug-likeness (QED) is 0.866. The van der Waals surface area contributed by atoms with Gasteiger partial charge in [0.15, 0.2) is 0 Å². The smallest absolute Gasteiger partial charge is 0.227 e. The molecule has 1 unspecified atom stereocenters. The Hall–Kier alpha value is -2.10. The highest BCUT2D eigenvalue weighted by Gasteiger charge is 2.26. The van der Waals surface area contributed by atoms with Crippen molar-refractivity contribution in [2.75, 3.05) is 5.32 Å². The van der Waals surface area contributed by atoms with Gasteiger partial charge in [0.25, 0.3) is 0 Å². The van der Waals surface area contributed by atoms with Crippen LogP contribution in [0.5, 0.6) is 0 Å². The number of amides is 1. The first-order chi connectivity index (χ1) is 9.22. The van der Waals surface area contributed by atoms with Crippen LogP contribution < -0.4 is 5.32 Å². The second kappa shape index (κ2) is 4.88. The molecule has 1 amide bonds. The zero-order chi connectivity index (χ0) is 13.2. The van der Waals surface area contributed by atoms with Crippen molar-refractivity contribution in [2.24, 2.45) is 5.92 Å². The largest absolute Gasteiger partial charge is 0.346 e. The number of nitrogens with zero attached hydrogens (tertiary/aromatic N) is 1. The van der Waals surface area contributed by atoms with E-state index in [1.165, 1.54) is 0 Å². The number of rotatable bonds is 2. The van der Waals surface area contributed by atoms with Crippen LogP contribution in [-0.4, -0.2) is 15.9 Å². The lowest BCUT2D eigenvalue weighted by atomic mass is 9.89. The van der Waals surface area contributed by atoms with E-state index in [1.807, 2.05) is 37.3 Å². The topological polar surface area (TPSA) is 57.8 Å². The van der Waals surface area contributed by atoms with Crippen molar-refractivity contribution in [1.29, 1.82) is 0 Å². The first-order valence-electron chi connectivity index (χ1n) is 6.62. The highest BCUT2D eigenvalue weighted by atomic mass is 16.1. The third-order valence-electron chi connectivity index (χ3n) is 3.58. The van der Waals surface area contributed by atoms with E-state index in [2.05, 4.69) is 15.3 Å². The van der Waals surface area contributed by atoms with Crippen LogP contribution in [0.15, 0.2) is 30.3 Å². The molecule has 98 valence electrons. The van der Waals surface area contributed by atoms with Gasteiger partial charge in [-0.3, -0.25) is 4.79 Å². The van der Waals surface area contributed by atoms with E-state index < -0.39 is 0 Å². The molecule has 4 nitrogen and oxygen atoms in total. The lowest BCUT2D eigenvalue weighted by molar-refractivity contribution is -0.120. The van der Waals surface area contributed by atoms with E-state index in [0.717, 1.165) is 42.2 Å². The average Bonchev–Trinajstić information content (AvgIpc) is 2.78. The molecule has 1 aliphatic rings. The van der Waals surface area contributed by atoms with E-state index in [0.29, 0.717) is 0 Å². The first-order valence-corrected chi connectivity index (χ1v) is 6.62. The molecule has 0 aliphatic heterocycles. The van der Waals surface area contributed by atoms with Crippen molar-refractivity contribution in [2.45, 2.75) is 26.2 Å². The summed E-state index contributed by atoms with van der Waals surface area (Å²) < 4.78 is 0. The molecular weight excluding hydrogens is 238 g/mol. The van der Waals surface area contributed by atoms with Crippen LogP contribution in [0.1, 0.15) is 23.6 Å². The summed E-state index contributed by atoms with van der Waals surface area (Å²) >= 11 is 0. The second-order valence-electron chi connectivity index (χ2n) is 5.04. The molecule has 0 spiro atoms. The number of hydrogen-bond acceptors (Lipinski definition) is 2. The van der Waals surface area contributed by atoms with Gasteiger partial charge in [0, 0.05) is 23.7 Å². The minimum absolute atomic E-state index is 0.0348. The molecule has 1 aromatic heterocycles. The van der Waals surface area contributed by atoms with Crippen molar-refractivity contribution in [3.8, 4) is 0 Å². The third-order valence-corrected chi connectivity index (χ3v) is 3.58. The van der Waals surface area contributed by atoms with E-state index in [4.69, 9.17) is 0 Å². The molecule has 19 heavy (non-hydrogen) atoms. The summed E-state index contributed by atoms with van der Waals surface area (Å²) in [4.78, 5) is 19.9. The Bertz CT molecular complexity index is 589. The maximum Gasteiger partial charge on any atom is 0.227 e. The van der Waals surface area contributed by atoms with Crippen LogP contribution >= 0.6 is 0 Å². The van der Waals surface area contributed by atoms with E-state index in [1.54, 1.807) is 0 Å². The van der Waals surface area contributed by atoms with Gasteiger partial charge in [0.2, 0.25) is 5.91 Å². The number of hydrogen-bond donors (Lipinski definition) is 2. The van der Waals surface area contributed by atoms with Crippen molar-refractivity contribution >= 4 is 11.6 Å². The molecule has 4 heteroatoms. The van der Waals surface area contributed by atoms with Crippen LogP contribution in [-0.2, 0) is 17.6 Å². The molecule has 0 saturated carbocycles. The van der Waals surface area contributed by atoms with Crippen molar-refractivity contribution in [1.82, 2.24) is 9.97 Å². The van der Waals surface area contributed by atoms with Gasteiger partial charge in [-0.05, 0) is 31.9 Å². The Morgan fingerprint density at radius 2 is 2.16 bits per heavy atom. The summed E-state index contributed by atoms with van der Waals surface area (Å²) in [6.07, 6.45) is 2.51. The molecule has 1 aromatic carbocycles. The molecule has 0 bridgehead atoms. The molecule has 1 aliphatic carbocycles.